The van der Waals surface area contributed by atoms with Crippen molar-refractivity contribution in [3.8, 4) is 5.75 Å². The van der Waals surface area contributed by atoms with Gasteiger partial charge in [0.2, 0.25) is 15.9 Å². The van der Waals surface area contributed by atoms with Crippen molar-refractivity contribution in [2.75, 3.05) is 33.4 Å². The van der Waals surface area contributed by atoms with Crippen molar-refractivity contribution in [2.45, 2.75) is 37.7 Å². The van der Waals surface area contributed by atoms with Gasteiger partial charge in [0.25, 0.3) is 0 Å². The lowest BCUT2D eigenvalue weighted by molar-refractivity contribution is -0.121. The number of likely N-dealkylation sites (N-methyl/N-ethyl adjacent to an activating group) is 1. The third-order valence-electron chi connectivity index (χ3n) is 4.16. The van der Waals surface area contributed by atoms with Crippen LogP contribution >= 0.6 is 0 Å². The molecule has 0 saturated carbocycles. The Morgan fingerprint density at radius 1 is 1.44 bits per heavy atom. The Hall–Kier alpha value is -1.64. The molecular formula is C17H26N2O5S. The minimum absolute atomic E-state index is 0.0208. The number of methoxy groups -OCH3 is 1. The Balaban J connectivity index is 2.09. The molecular weight excluding hydrogens is 344 g/mol. The Labute approximate surface area is 149 Å². The van der Waals surface area contributed by atoms with Crippen molar-refractivity contribution in [3.05, 3.63) is 23.8 Å². The predicted molar refractivity (Wildman–Crippen MR) is 94.1 cm³/mol. The van der Waals surface area contributed by atoms with E-state index in [0.29, 0.717) is 13.2 Å². The summed E-state index contributed by atoms with van der Waals surface area (Å²) in [4.78, 5) is 12.2. The number of sulfonamides is 1. The van der Waals surface area contributed by atoms with E-state index in [0.717, 1.165) is 22.7 Å². The predicted octanol–water partition coefficient (Wildman–Crippen LogP) is 1.31. The number of amides is 1. The summed E-state index contributed by atoms with van der Waals surface area (Å²) in [6, 6.07) is 4.96. The van der Waals surface area contributed by atoms with E-state index < -0.39 is 10.0 Å². The van der Waals surface area contributed by atoms with E-state index >= 15 is 0 Å². The fraction of sp³-hybridized carbons (Fsp3) is 0.588. The average molecular weight is 370 g/mol. The summed E-state index contributed by atoms with van der Waals surface area (Å²) in [6.45, 7) is 4.58. The molecule has 1 aromatic carbocycles. The first-order valence-electron chi connectivity index (χ1n) is 8.41. The smallest absolute Gasteiger partial charge is 0.247 e. The molecule has 0 bridgehead atoms. The maximum absolute atomic E-state index is 12.9. The summed E-state index contributed by atoms with van der Waals surface area (Å²) in [6.07, 6.45) is 1.92. The lowest BCUT2D eigenvalue weighted by Crippen LogP contribution is -2.42. The van der Waals surface area contributed by atoms with Crippen LogP contribution in [0.5, 0.6) is 5.75 Å². The number of hydrogen-bond acceptors (Lipinski definition) is 5. The van der Waals surface area contributed by atoms with E-state index in [1.165, 1.54) is 7.11 Å². The zero-order valence-corrected chi connectivity index (χ0v) is 15.8. The third kappa shape index (κ3) is 4.93. The van der Waals surface area contributed by atoms with Crippen LogP contribution in [0, 0.1) is 6.92 Å². The Morgan fingerprint density at radius 3 is 2.80 bits per heavy atom. The minimum atomic E-state index is -3.83. The van der Waals surface area contributed by atoms with Gasteiger partial charge in [-0.15, -0.1) is 0 Å². The maximum atomic E-state index is 12.9. The van der Waals surface area contributed by atoms with Gasteiger partial charge >= 0.3 is 0 Å². The van der Waals surface area contributed by atoms with E-state index in [1.54, 1.807) is 25.1 Å². The third-order valence-corrected chi connectivity index (χ3v) is 6.10. The summed E-state index contributed by atoms with van der Waals surface area (Å²) >= 11 is 0. The van der Waals surface area contributed by atoms with Crippen LogP contribution in [0.15, 0.2) is 23.1 Å². The van der Waals surface area contributed by atoms with Crippen molar-refractivity contribution < 1.29 is 22.7 Å². The molecule has 7 nitrogen and oxygen atoms in total. The van der Waals surface area contributed by atoms with Crippen molar-refractivity contribution in [3.63, 3.8) is 0 Å². The van der Waals surface area contributed by atoms with Gasteiger partial charge in [0.1, 0.15) is 10.6 Å². The van der Waals surface area contributed by atoms with Gasteiger partial charge in [-0.05, 0) is 37.5 Å². The zero-order valence-electron chi connectivity index (χ0n) is 14.9. The maximum Gasteiger partial charge on any atom is 0.247 e. The fourth-order valence-electron chi connectivity index (χ4n) is 2.74. The standard InChI is InChI=1S/C17H26N2O5S/c1-4-19(12-17(20)18-11-14-6-5-9-24-14)25(21,22)16-10-13(2)7-8-15(16)23-3/h7-8,10,14H,4-6,9,11-12H2,1-3H3,(H,18,20)/t14-/m0/s1. The second kappa shape index (κ2) is 8.64. The molecule has 1 aromatic rings. The topological polar surface area (TPSA) is 84.9 Å². The van der Waals surface area contributed by atoms with Gasteiger partial charge in [-0.1, -0.05) is 13.0 Å². The van der Waals surface area contributed by atoms with Crippen LogP contribution in [0.2, 0.25) is 0 Å². The molecule has 1 amide bonds. The summed E-state index contributed by atoms with van der Waals surface area (Å²) in [5.41, 5.74) is 0.804. The summed E-state index contributed by atoms with van der Waals surface area (Å²) < 4.78 is 37.6. The first-order valence-corrected chi connectivity index (χ1v) is 9.85. The normalized spacial score (nSPS) is 17.7. The van der Waals surface area contributed by atoms with Crippen molar-refractivity contribution in [2.24, 2.45) is 0 Å². The highest BCUT2D eigenvalue weighted by molar-refractivity contribution is 7.89. The first kappa shape index (κ1) is 19.7. The fourth-order valence-corrected chi connectivity index (χ4v) is 4.39. The quantitative estimate of drug-likeness (QED) is 0.746. The van der Waals surface area contributed by atoms with E-state index in [4.69, 9.17) is 9.47 Å². The highest BCUT2D eigenvalue weighted by Crippen LogP contribution is 2.27. The van der Waals surface area contributed by atoms with Crippen LogP contribution in [-0.4, -0.2) is 58.1 Å². The number of nitrogens with zero attached hydrogens (tertiary/aromatic N) is 1. The van der Waals surface area contributed by atoms with Crippen molar-refractivity contribution in [1.82, 2.24) is 9.62 Å². The largest absolute Gasteiger partial charge is 0.495 e. The number of hydrogen-bond donors (Lipinski definition) is 1. The van der Waals surface area contributed by atoms with E-state index in [9.17, 15) is 13.2 Å². The lowest BCUT2D eigenvalue weighted by Gasteiger charge is -2.22. The number of ether oxygens (including phenoxy) is 2. The van der Waals surface area contributed by atoms with Gasteiger partial charge in [0.05, 0.1) is 19.8 Å². The number of carbonyl (C=O) groups is 1. The number of rotatable bonds is 8. The van der Waals surface area contributed by atoms with Gasteiger partial charge < -0.3 is 14.8 Å². The lowest BCUT2D eigenvalue weighted by atomic mass is 10.2. The Morgan fingerprint density at radius 2 is 2.20 bits per heavy atom. The molecule has 1 fully saturated rings. The Bertz CT molecular complexity index is 699. The minimum Gasteiger partial charge on any atom is -0.495 e. The summed E-state index contributed by atoms with van der Waals surface area (Å²) in [5, 5.41) is 2.75. The molecule has 0 spiro atoms. The highest BCUT2D eigenvalue weighted by atomic mass is 32.2. The molecule has 0 unspecified atom stereocenters. The second-order valence-corrected chi connectivity index (χ2v) is 7.93. The molecule has 0 radical (unpaired) electrons. The van der Waals surface area contributed by atoms with Gasteiger partial charge in [-0.25, -0.2) is 8.42 Å². The molecule has 1 aliphatic rings. The zero-order chi connectivity index (χ0) is 18.4. The molecule has 2 rings (SSSR count). The monoisotopic (exact) mass is 370 g/mol. The van der Waals surface area contributed by atoms with Crippen LogP contribution in [0.3, 0.4) is 0 Å². The van der Waals surface area contributed by atoms with Gasteiger partial charge in [-0.3, -0.25) is 4.79 Å². The second-order valence-electron chi connectivity index (χ2n) is 6.02. The average Bonchev–Trinajstić information content (AvgIpc) is 3.11. The van der Waals surface area contributed by atoms with Gasteiger partial charge in [0.15, 0.2) is 0 Å². The molecule has 1 aliphatic heterocycles. The van der Waals surface area contributed by atoms with Gasteiger partial charge in [0, 0.05) is 19.7 Å². The van der Waals surface area contributed by atoms with Gasteiger partial charge in [-0.2, -0.15) is 4.31 Å². The summed E-state index contributed by atoms with van der Waals surface area (Å²) in [5.74, 6) is -0.0728. The molecule has 1 heterocycles. The molecule has 0 aromatic heterocycles. The SMILES string of the molecule is CCN(CC(=O)NC[C@@H]1CCCO1)S(=O)(=O)c1cc(C)ccc1OC. The number of carbonyl (C=O) groups excluding carboxylic acids is 1. The Kier molecular flexibility index (Phi) is 6.80. The van der Waals surface area contributed by atoms with Crippen LogP contribution in [0.25, 0.3) is 0 Å². The van der Waals surface area contributed by atoms with E-state index in [2.05, 4.69) is 5.32 Å². The molecule has 1 saturated heterocycles. The van der Waals surface area contributed by atoms with Crippen LogP contribution in [0.1, 0.15) is 25.3 Å². The molecule has 1 N–H and O–H groups in total. The number of aryl methyl sites for hydroxylation is 1. The highest BCUT2D eigenvalue weighted by Gasteiger charge is 2.28. The molecule has 140 valence electrons. The van der Waals surface area contributed by atoms with Crippen molar-refractivity contribution >= 4 is 15.9 Å². The van der Waals surface area contributed by atoms with E-state index in [1.807, 2.05) is 6.92 Å². The van der Waals surface area contributed by atoms with Crippen molar-refractivity contribution in [1.29, 1.82) is 0 Å². The molecule has 25 heavy (non-hydrogen) atoms. The molecule has 1 atom stereocenters. The first-order chi connectivity index (χ1) is 11.9. The summed E-state index contributed by atoms with van der Waals surface area (Å²) in [7, 11) is -2.41. The van der Waals surface area contributed by atoms with E-state index in [-0.39, 0.29) is 35.7 Å². The van der Waals surface area contributed by atoms with Crippen LogP contribution in [-0.2, 0) is 19.6 Å². The number of nitrogens with one attached hydrogen (secondary N) is 1. The molecule has 0 aliphatic carbocycles. The van der Waals surface area contributed by atoms with Crippen LogP contribution in [0.4, 0.5) is 0 Å². The number of benzene rings is 1. The van der Waals surface area contributed by atoms with Crippen LogP contribution < -0.4 is 10.1 Å². The molecule has 8 heteroatoms.